The summed E-state index contributed by atoms with van der Waals surface area (Å²) in [5, 5.41) is 0.574. The van der Waals surface area contributed by atoms with Crippen molar-refractivity contribution in [3.05, 3.63) is 30.1 Å². The molecule has 0 spiro atoms. The summed E-state index contributed by atoms with van der Waals surface area (Å²) in [5.41, 5.74) is 6.76. The van der Waals surface area contributed by atoms with Crippen molar-refractivity contribution in [2.24, 2.45) is 0 Å². The van der Waals surface area contributed by atoms with Gasteiger partial charge in [0.15, 0.2) is 15.7 Å². The van der Waals surface area contributed by atoms with E-state index in [9.17, 15) is 8.42 Å². The van der Waals surface area contributed by atoms with E-state index < -0.39 is 9.84 Å². The second-order valence-electron chi connectivity index (χ2n) is 4.74. The molecule has 0 unspecified atom stereocenters. The molecule has 0 amide bonds. The van der Waals surface area contributed by atoms with Crippen molar-refractivity contribution in [3.8, 4) is 0 Å². The molecule has 2 N–H and O–H groups in total. The third kappa shape index (κ3) is 3.51. The van der Waals surface area contributed by atoms with Gasteiger partial charge in [-0.25, -0.2) is 8.42 Å². The van der Waals surface area contributed by atoms with E-state index >= 15 is 0 Å². The van der Waals surface area contributed by atoms with Crippen LogP contribution in [-0.2, 0) is 16.4 Å². The molecule has 0 aromatic carbocycles. The van der Waals surface area contributed by atoms with Crippen LogP contribution in [0.25, 0.3) is 0 Å². The van der Waals surface area contributed by atoms with Crippen molar-refractivity contribution in [1.82, 2.24) is 9.36 Å². The van der Waals surface area contributed by atoms with Gasteiger partial charge in [-0.3, -0.25) is 4.98 Å². The fourth-order valence-corrected chi connectivity index (χ4v) is 4.77. The molecular formula is C13H18N4O2S2. The molecule has 2 heterocycles. The van der Waals surface area contributed by atoms with Gasteiger partial charge in [-0.2, -0.15) is 4.37 Å². The molecule has 8 heteroatoms. The molecule has 114 valence electrons. The van der Waals surface area contributed by atoms with Crippen molar-refractivity contribution < 1.29 is 8.42 Å². The second kappa shape index (κ2) is 6.40. The standard InChI is InChI=1S/C13H18N4O2S2/c1-3-7-21(18,19)11-12(14)16-20-13(11)17(2)9-10-5-4-6-15-8-10/h4-6,8H,3,7,9H2,1-2H3,(H2,14,16). The van der Waals surface area contributed by atoms with Crippen molar-refractivity contribution >= 4 is 32.2 Å². The van der Waals surface area contributed by atoms with Crippen LogP contribution in [0.1, 0.15) is 18.9 Å². The van der Waals surface area contributed by atoms with Crippen LogP contribution in [0.2, 0.25) is 0 Å². The van der Waals surface area contributed by atoms with Gasteiger partial charge in [-0.1, -0.05) is 13.0 Å². The predicted molar refractivity (Wildman–Crippen MR) is 85.2 cm³/mol. The molecule has 0 saturated carbocycles. The van der Waals surface area contributed by atoms with Gasteiger partial charge < -0.3 is 10.6 Å². The van der Waals surface area contributed by atoms with Crippen LogP contribution in [-0.4, -0.2) is 30.6 Å². The van der Waals surface area contributed by atoms with Crippen LogP contribution in [0.15, 0.2) is 29.4 Å². The van der Waals surface area contributed by atoms with E-state index in [0.29, 0.717) is 18.0 Å². The predicted octanol–water partition coefficient (Wildman–Crippen LogP) is 1.94. The van der Waals surface area contributed by atoms with E-state index in [0.717, 1.165) is 17.1 Å². The van der Waals surface area contributed by atoms with E-state index in [1.54, 1.807) is 12.4 Å². The maximum absolute atomic E-state index is 12.3. The molecule has 6 nitrogen and oxygen atoms in total. The van der Waals surface area contributed by atoms with Crippen molar-refractivity contribution in [2.45, 2.75) is 24.8 Å². The zero-order valence-corrected chi connectivity index (χ0v) is 13.6. The van der Waals surface area contributed by atoms with E-state index in [-0.39, 0.29) is 16.5 Å². The lowest BCUT2D eigenvalue weighted by molar-refractivity contribution is 0.595. The Balaban J connectivity index is 2.33. The molecule has 0 saturated heterocycles. The Labute approximate surface area is 128 Å². The Morgan fingerprint density at radius 1 is 1.43 bits per heavy atom. The average molecular weight is 326 g/mol. The molecule has 0 aliphatic heterocycles. The lowest BCUT2D eigenvalue weighted by atomic mass is 10.3. The van der Waals surface area contributed by atoms with Crippen LogP contribution in [0.5, 0.6) is 0 Å². The van der Waals surface area contributed by atoms with Gasteiger partial charge in [-0.15, -0.1) is 0 Å². The normalized spacial score (nSPS) is 11.5. The van der Waals surface area contributed by atoms with Gasteiger partial charge in [0.1, 0.15) is 9.90 Å². The number of hydrogen-bond acceptors (Lipinski definition) is 7. The zero-order valence-electron chi connectivity index (χ0n) is 12.0. The van der Waals surface area contributed by atoms with E-state index in [4.69, 9.17) is 5.73 Å². The number of aromatic nitrogens is 2. The second-order valence-corrected chi connectivity index (χ2v) is 7.54. The summed E-state index contributed by atoms with van der Waals surface area (Å²) in [6, 6.07) is 3.78. The Morgan fingerprint density at radius 2 is 2.19 bits per heavy atom. The molecule has 0 radical (unpaired) electrons. The first-order valence-corrected chi connectivity index (χ1v) is 8.96. The number of rotatable bonds is 6. The Hall–Kier alpha value is -1.67. The van der Waals surface area contributed by atoms with Crippen molar-refractivity contribution in [2.75, 3.05) is 23.4 Å². The zero-order chi connectivity index (χ0) is 15.5. The average Bonchev–Trinajstić information content (AvgIpc) is 2.82. The summed E-state index contributed by atoms with van der Waals surface area (Å²) < 4.78 is 28.7. The first kappa shape index (κ1) is 15.7. The molecule has 21 heavy (non-hydrogen) atoms. The highest BCUT2D eigenvalue weighted by Crippen LogP contribution is 2.35. The molecular weight excluding hydrogens is 308 g/mol. The minimum atomic E-state index is -3.40. The molecule has 0 atom stereocenters. The summed E-state index contributed by atoms with van der Waals surface area (Å²) in [6.45, 7) is 2.37. The number of pyridine rings is 1. The van der Waals surface area contributed by atoms with Crippen molar-refractivity contribution in [3.63, 3.8) is 0 Å². The molecule has 2 aromatic heterocycles. The van der Waals surface area contributed by atoms with Gasteiger partial charge in [0, 0.05) is 26.0 Å². The highest BCUT2D eigenvalue weighted by atomic mass is 32.2. The fourth-order valence-electron chi connectivity index (χ4n) is 2.03. The number of nitrogens with two attached hydrogens (primary N) is 1. The van der Waals surface area contributed by atoms with Crippen LogP contribution in [0.4, 0.5) is 10.8 Å². The quantitative estimate of drug-likeness (QED) is 0.872. The fraction of sp³-hybridized carbons (Fsp3) is 0.385. The van der Waals surface area contributed by atoms with E-state index in [1.165, 1.54) is 0 Å². The molecule has 0 fully saturated rings. The van der Waals surface area contributed by atoms with Crippen molar-refractivity contribution in [1.29, 1.82) is 0 Å². The number of anilines is 2. The Morgan fingerprint density at radius 3 is 2.81 bits per heavy atom. The van der Waals surface area contributed by atoms with E-state index in [2.05, 4.69) is 9.36 Å². The summed E-state index contributed by atoms with van der Waals surface area (Å²) in [5.74, 6) is 0.157. The highest BCUT2D eigenvalue weighted by Gasteiger charge is 2.26. The molecule has 2 rings (SSSR count). The van der Waals surface area contributed by atoms with Gasteiger partial charge in [-0.05, 0) is 29.6 Å². The Kier molecular flexibility index (Phi) is 4.79. The number of nitrogens with zero attached hydrogens (tertiary/aromatic N) is 3. The van der Waals surface area contributed by atoms with Crippen LogP contribution < -0.4 is 10.6 Å². The first-order chi connectivity index (χ1) is 9.95. The minimum Gasteiger partial charge on any atom is -0.382 e. The smallest absolute Gasteiger partial charge is 0.185 e. The third-order valence-corrected chi connectivity index (χ3v) is 6.01. The monoisotopic (exact) mass is 326 g/mol. The molecule has 0 bridgehead atoms. The molecule has 0 aliphatic carbocycles. The van der Waals surface area contributed by atoms with Gasteiger partial charge in [0.25, 0.3) is 0 Å². The van der Waals surface area contributed by atoms with Gasteiger partial charge in [0.05, 0.1) is 5.75 Å². The topological polar surface area (TPSA) is 89.2 Å². The minimum absolute atomic E-state index is 0.0728. The van der Waals surface area contributed by atoms with Crippen LogP contribution in [0.3, 0.4) is 0 Å². The molecule has 0 aliphatic rings. The third-order valence-electron chi connectivity index (χ3n) is 2.93. The first-order valence-electron chi connectivity index (χ1n) is 6.53. The number of sulfone groups is 1. The highest BCUT2D eigenvalue weighted by molar-refractivity contribution is 7.91. The summed E-state index contributed by atoms with van der Waals surface area (Å²) in [7, 11) is -1.58. The summed E-state index contributed by atoms with van der Waals surface area (Å²) >= 11 is 1.11. The van der Waals surface area contributed by atoms with Gasteiger partial charge >= 0.3 is 0 Å². The lowest BCUT2D eigenvalue weighted by Crippen LogP contribution is -2.19. The Bertz CT molecular complexity index is 698. The largest absolute Gasteiger partial charge is 0.382 e. The maximum Gasteiger partial charge on any atom is 0.185 e. The lowest BCUT2D eigenvalue weighted by Gasteiger charge is -2.18. The SMILES string of the molecule is CCCS(=O)(=O)c1c(N)nsc1N(C)Cc1cccnc1. The number of nitrogen functional groups attached to an aromatic ring is 1. The van der Waals surface area contributed by atoms with E-state index in [1.807, 2.05) is 31.0 Å². The maximum atomic E-state index is 12.3. The summed E-state index contributed by atoms with van der Waals surface area (Å²) in [6.07, 6.45) is 4.00. The molecule has 2 aromatic rings. The van der Waals surface area contributed by atoms with Crippen LogP contribution in [0, 0.1) is 0 Å². The van der Waals surface area contributed by atoms with Gasteiger partial charge in [0.2, 0.25) is 0 Å². The van der Waals surface area contributed by atoms with Crippen LogP contribution >= 0.6 is 11.5 Å². The summed E-state index contributed by atoms with van der Waals surface area (Å²) in [4.78, 5) is 6.05. The number of hydrogen-bond donors (Lipinski definition) is 1.